The van der Waals surface area contributed by atoms with Gasteiger partial charge in [0.15, 0.2) is 5.17 Å². The highest BCUT2D eigenvalue weighted by molar-refractivity contribution is 8.13. The Morgan fingerprint density at radius 1 is 1.67 bits per heavy atom. The molecule has 0 aliphatic carbocycles. The minimum atomic E-state index is 0.647. The van der Waals surface area contributed by atoms with Crippen LogP contribution in [-0.4, -0.2) is 17.1 Å². The predicted molar refractivity (Wildman–Crippen MR) is 48.6 cm³/mol. The van der Waals surface area contributed by atoms with E-state index < -0.39 is 0 Å². The van der Waals surface area contributed by atoms with E-state index in [1.807, 2.05) is 0 Å². The van der Waals surface area contributed by atoms with E-state index in [9.17, 15) is 0 Å². The second-order valence-corrected chi connectivity index (χ2v) is 3.93. The van der Waals surface area contributed by atoms with E-state index in [1.54, 1.807) is 11.8 Å². The lowest BCUT2D eigenvalue weighted by molar-refractivity contribution is 1.50. The predicted octanol–water partition coefficient (Wildman–Crippen LogP) is 1.67. The van der Waals surface area contributed by atoms with Crippen molar-refractivity contribution in [2.75, 3.05) is 11.9 Å². The van der Waals surface area contributed by atoms with Crippen molar-refractivity contribution in [3.8, 4) is 0 Å². The summed E-state index contributed by atoms with van der Waals surface area (Å²) in [4.78, 5) is 0. The highest BCUT2D eigenvalue weighted by atomic mass is 32.2. The molecule has 2 N–H and O–H groups in total. The van der Waals surface area contributed by atoms with Gasteiger partial charge < -0.3 is 5.73 Å². The van der Waals surface area contributed by atoms with Crippen LogP contribution < -0.4 is 5.73 Å². The fourth-order valence-electron chi connectivity index (χ4n) is 0.337. The molecule has 0 heterocycles. The van der Waals surface area contributed by atoms with E-state index in [0.717, 1.165) is 17.1 Å². The first-order chi connectivity index (χ1) is 4.31. The second-order valence-electron chi connectivity index (χ2n) is 1.39. The molecule has 0 radical (unpaired) electrons. The molecule has 0 rings (SSSR count). The van der Waals surface area contributed by atoms with Crippen LogP contribution in [0, 0.1) is 0 Å². The fraction of sp³-hybridized carbons (Fsp3) is 0.800. The van der Waals surface area contributed by atoms with Crippen LogP contribution in [0.3, 0.4) is 0 Å². The number of nitrogens with zero attached hydrogens (tertiary/aromatic N) is 1. The summed E-state index contributed by atoms with van der Waals surface area (Å²) in [7, 11) is 0.647. The van der Waals surface area contributed by atoms with Gasteiger partial charge in [0.2, 0.25) is 0 Å². The lowest BCUT2D eigenvalue weighted by atomic mass is 11.0. The van der Waals surface area contributed by atoms with E-state index in [-0.39, 0.29) is 0 Å². The van der Waals surface area contributed by atoms with Gasteiger partial charge in [-0.15, -0.1) is 0 Å². The summed E-state index contributed by atoms with van der Waals surface area (Å²) in [6.45, 7) is 4.17. The summed E-state index contributed by atoms with van der Waals surface area (Å²) in [6, 6.07) is 0. The lowest BCUT2D eigenvalue weighted by Gasteiger charge is -1.94. The monoisotopic (exact) mass is 164 g/mol. The van der Waals surface area contributed by atoms with Crippen LogP contribution in [0.25, 0.3) is 0 Å². The van der Waals surface area contributed by atoms with Crippen LogP contribution in [0.4, 0.5) is 0 Å². The van der Waals surface area contributed by atoms with E-state index in [4.69, 9.17) is 5.73 Å². The quantitative estimate of drug-likeness (QED) is 0.391. The maximum absolute atomic E-state index is 5.49. The zero-order valence-corrected chi connectivity index (χ0v) is 7.66. The van der Waals surface area contributed by atoms with E-state index in [0.29, 0.717) is 8.73 Å². The first-order valence-electron chi connectivity index (χ1n) is 3.00. The minimum Gasteiger partial charge on any atom is -0.378 e. The molecule has 0 saturated heterocycles. The first kappa shape index (κ1) is 9.25. The molecule has 0 fully saturated rings. The Balaban J connectivity index is 3.30. The highest BCUT2D eigenvalue weighted by Gasteiger charge is 1.86. The highest BCUT2D eigenvalue weighted by Crippen LogP contribution is 2.12. The smallest absolute Gasteiger partial charge is 0.157 e. The maximum Gasteiger partial charge on any atom is 0.157 e. The van der Waals surface area contributed by atoms with Crippen LogP contribution in [-0.2, 0) is 0 Å². The summed E-state index contributed by atoms with van der Waals surface area (Å²) in [5.74, 6) is 1.02. The molecule has 2 nitrogen and oxygen atoms in total. The van der Waals surface area contributed by atoms with Gasteiger partial charge in [0.05, 0.1) is 0 Å². The molecule has 0 saturated carbocycles. The fourth-order valence-corrected chi connectivity index (χ4v) is 1.40. The van der Waals surface area contributed by atoms with Crippen molar-refractivity contribution in [1.82, 2.24) is 0 Å². The summed E-state index contributed by atoms with van der Waals surface area (Å²) in [5, 5.41) is 0.734. The van der Waals surface area contributed by atoms with Gasteiger partial charge in [0.25, 0.3) is 0 Å². The van der Waals surface area contributed by atoms with Crippen molar-refractivity contribution >= 4 is 25.7 Å². The molecule has 0 aromatic carbocycles. The molecule has 1 unspecified atom stereocenters. The van der Waals surface area contributed by atoms with Crippen molar-refractivity contribution in [3.05, 3.63) is 0 Å². The van der Waals surface area contributed by atoms with Crippen molar-refractivity contribution in [2.45, 2.75) is 13.8 Å². The molecule has 0 aliphatic heterocycles. The minimum absolute atomic E-state index is 0.647. The molecule has 9 heavy (non-hydrogen) atoms. The van der Waals surface area contributed by atoms with Crippen molar-refractivity contribution in [3.63, 3.8) is 0 Å². The third-order valence-electron chi connectivity index (χ3n) is 0.640. The van der Waals surface area contributed by atoms with Crippen LogP contribution in [0.5, 0.6) is 0 Å². The number of thioether (sulfide) groups is 1. The third-order valence-corrected chi connectivity index (χ3v) is 2.19. The normalized spacial score (nSPS) is 13.3. The van der Waals surface area contributed by atoms with E-state index in [1.165, 1.54) is 0 Å². The summed E-state index contributed by atoms with van der Waals surface area (Å²) < 4.78 is 4.12. The van der Waals surface area contributed by atoms with Gasteiger partial charge in [0.1, 0.15) is 0 Å². The zero-order chi connectivity index (χ0) is 7.11. The number of nitrogens with two attached hydrogens (primary N) is 1. The summed E-state index contributed by atoms with van der Waals surface area (Å²) in [6.07, 6.45) is 1.10. The topological polar surface area (TPSA) is 38.4 Å². The first-order valence-corrected chi connectivity index (χ1v) is 5.14. The van der Waals surface area contributed by atoms with Gasteiger partial charge in [-0.1, -0.05) is 25.6 Å². The largest absolute Gasteiger partial charge is 0.378 e. The Hall–Kier alpha value is 0.250. The molecule has 0 spiro atoms. The average molecular weight is 164 g/mol. The molecule has 0 aromatic heterocycles. The van der Waals surface area contributed by atoms with Crippen LogP contribution in [0.1, 0.15) is 13.8 Å². The Morgan fingerprint density at radius 3 is 2.78 bits per heavy atom. The average Bonchev–Trinajstić information content (AvgIpc) is 1.85. The van der Waals surface area contributed by atoms with Crippen LogP contribution in [0.15, 0.2) is 4.76 Å². The van der Waals surface area contributed by atoms with Gasteiger partial charge in [-0.25, -0.2) is 4.76 Å². The van der Waals surface area contributed by atoms with Crippen molar-refractivity contribution < 1.29 is 0 Å². The molecule has 4 heteroatoms. The van der Waals surface area contributed by atoms with Gasteiger partial charge >= 0.3 is 0 Å². The van der Waals surface area contributed by atoms with Crippen molar-refractivity contribution in [1.29, 1.82) is 0 Å². The van der Waals surface area contributed by atoms with E-state index in [2.05, 4.69) is 18.6 Å². The number of amidine groups is 1. The van der Waals surface area contributed by atoms with Gasteiger partial charge in [0, 0.05) is 8.73 Å². The molecule has 0 amide bonds. The summed E-state index contributed by atoms with van der Waals surface area (Å²) >= 11 is 1.61. The molecule has 0 aliphatic rings. The standard InChI is InChI=1S/C5H13N2PS/c1-3-8-7-5(6)9-4-2/h8H,3-4H2,1-2H3,(H2,6,7). The molecule has 0 aromatic rings. The number of rotatable bonds is 3. The molecular formula is C5H13N2PS. The lowest BCUT2D eigenvalue weighted by Crippen LogP contribution is -2.04. The molecular weight excluding hydrogens is 151 g/mol. The molecule has 0 bridgehead atoms. The Labute approximate surface area is 62.5 Å². The third kappa shape index (κ3) is 6.13. The number of hydrogen-bond acceptors (Lipinski definition) is 2. The number of hydrogen-bond donors (Lipinski definition) is 1. The van der Waals surface area contributed by atoms with Crippen LogP contribution >= 0.6 is 20.5 Å². The van der Waals surface area contributed by atoms with Crippen LogP contribution in [0.2, 0.25) is 0 Å². The second kappa shape index (κ2) is 6.37. The SMILES string of the molecule is CCPN=C(N)SCC. The molecule has 1 atom stereocenters. The van der Waals surface area contributed by atoms with Crippen molar-refractivity contribution in [2.24, 2.45) is 10.5 Å². The Bertz CT molecular complexity index is 95.0. The maximum atomic E-state index is 5.49. The Kier molecular flexibility index (Phi) is 6.55. The van der Waals surface area contributed by atoms with Gasteiger partial charge in [-0.2, -0.15) is 0 Å². The Morgan fingerprint density at radius 2 is 2.33 bits per heavy atom. The van der Waals surface area contributed by atoms with Gasteiger partial charge in [-0.3, -0.25) is 0 Å². The van der Waals surface area contributed by atoms with E-state index >= 15 is 0 Å². The van der Waals surface area contributed by atoms with Gasteiger partial charge in [-0.05, 0) is 11.9 Å². The summed E-state index contributed by atoms with van der Waals surface area (Å²) in [5.41, 5.74) is 5.49. The molecule has 54 valence electrons. The zero-order valence-electron chi connectivity index (χ0n) is 5.85.